The molecular weight excluding hydrogens is 292 g/mol. The molecule has 0 aromatic carbocycles. The number of aryl methyl sites for hydroxylation is 2. The SMILES string of the molecule is Cc1cnc(CNC(=O)c2c(C)c(Cl)c(C)[nH]c2=O)cn1. The molecule has 7 heteroatoms. The number of hydrogen-bond donors (Lipinski definition) is 2. The van der Waals surface area contributed by atoms with Crippen molar-refractivity contribution >= 4 is 17.5 Å². The van der Waals surface area contributed by atoms with Gasteiger partial charge in [0.25, 0.3) is 11.5 Å². The summed E-state index contributed by atoms with van der Waals surface area (Å²) in [6.45, 7) is 5.34. The zero-order chi connectivity index (χ0) is 15.6. The first-order valence-corrected chi connectivity index (χ1v) is 6.72. The minimum atomic E-state index is -0.488. The highest BCUT2D eigenvalue weighted by atomic mass is 35.5. The van der Waals surface area contributed by atoms with E-state index in [4.69, 9.17) is 11.6 Å². The number of carbonyl (C=O) groups is 1. The van der Waals surface area contributed by atoms with Crippen LogP contribution >= 0.6 is 11.6 Å². The molecule has 0 unspecified atom stereocenters. The molecule has 0 bridgehead atoms. The van der Waals surface area contributed by atoms with E-state index in [0.717, 1.165) is 5.69 Å². The predicted molar refractivity (Wildman–Crippen MR) is 79.5 cm³/mol. The molecule has 2 aromatic rings. The highest BCUT2D eigenvalue weighted by Gasteiger charge is 2.17. The van der Waals surface area contributed by atoms with Crippen LogP contribution in [0.15, 0.2) is 17.2 Å². The first-order chi connectivity index (χ1) is 9.90. The molecular formula is C14H15ClN4O2. The number of hydrogen-bond acceptors (Lipinski definition) is 4. The van der Waals surface area contributed by atoms with Crippen molar-refractivity contribution in [2.75, 3.05) is 0 Å². The van der Waals surface area contributed by atoms with Gasteiger partial charge in [-0.3, -0.25) is 19.6 Å². The smallest absolute Gasteiger partial charge is 0.261 e. The van der Waals surface area contributed by atoms with Crippen molar-refractivity contribution in [2.24, 2.45) is 0 Å². The number of nitrogens with one attached hydrogen (secondary N) is 2. The molecule has 6 nitrogen and oxygen atoms in total. The first-order valence-electron chi connectivity index (χ1n) is 6.35. The van der Waals surface area contributed by atoms with Crippen molar-refractivity contribution in [3.8, 4) is 0 Å². The molecule has 0 radical (unpaired) electrons. The van der Waals surface area contributed by atoms with E-state index in [2.05, 4.69) is 20.3 Å². The maximum absolute atomic E-state index is 12.2. The van der Waals surface area contributed by atoms with Crippen molar-refractivity contribution in [2.45, 2.75) is 27.3 Å². The zero-order valence-corrected chi connectivity index (χ0v) is 12.7. The van der Waals surface area contributed by atoms with Crippen LogP contribution in [0.4, 0.5) is 0 Å². The molecule has 0 saturated carbocycles. The number of aromatic nitrogens is 3. The summed E-state index contributed by atoms with van der Waals surface area (Å²) in [5, 5.41) is 3.03. The fourth-order valence-corrected chi connectivity index (χ4v) is 2.03. The maximum Gasteiger partial charge on any atom is 0.261 e. The Kier molecular flexibility index (Phi) is 4.37. The van der Waals surface area contributed by atoms with Crippen molar-refractivity contribution in [1.82, 2.24) is 20.3 Å². The monoisotopic (exact) mass is 306 g/mol. The van der Waals surface area contributed by atoms with Crippen molar-refractivity contribution < 1.29 is 4.79 Å². The molecule has 1 amide bonds. The van der Waals surface area contributed by atoms with Crippen LogP contribution in [0.3, 0.4) is 0 Å². The minimum absolute atomic E-state index is 0.0191. The molecule has 0 aliphatic rings. The second kappa shape index (κ2) is 6.05. The lowest BCUT2D eigenvalue weighted by atomic mass is 10.1. The average Bonchev–Trinajstić information content (AvgIpc) is 2.44. The topological polar surface area (TPSA) is 87.7 Å². The summed E-state index contributed by atoms with van der Waals surface area (Å²) in [7, 11) is 0. The van der Waals surface area contributed by atoms with Gasteiger partial charge in [0.05, 0.1) is 29.2 Å². The van der Waals surface area contributed by atoms with Crippen LogP contribution in [0.25, 0.3) is 0 Å². The summed E-state index contributed by atoms with van der Waals surface area (Å²) in [5.41, 5.74) is 1.97. The van der Waals surface area contributed by atoms with Gasteiger partial charge in [-0.25, -0.2) is 0 Å². The Hall–Kier alpha value is -2.21. The fraction of sp³-hybridized carbons (Fsp3) is 0.286. The molecule has 0 aliphatic heterocycles. The van der Waals surface area contributed by atoms with Gasteiger partial charge in [-0.15, -0.1) is 0 Å². The molecule has 0 fully saturated rings. The third-order valence-corrected chi connectivity index (χ3v) is 3.62. The summed E-state index contributed by atoms with van der Waals surface area (Å²) in [6, 6.07) is 0. The van der Waals surface area contributed by atoms with E-state index in [1.807, 2.05) is 6.92 Å². The van der Waals surface area contributed by atoms with E-state index < -0.39 is 11.5 Å². The van der Waals surface area contributed by atoms with Crippen molar-refractivity contribution in [1.29, 1.82) is 0 Å². The molecule has 2 rings (SSSR count). The average molecular weight is 307 g/mol. The van der Waals surface area contributed by atoms with E-state index in [1.54, 1.807) is 26.2 Å². The molecule has 2 aromatic heterocycles. The van der Waals surface area contributed by atoms with E-state index >= 15 is 0 Å². The summed E-state index contributed by atoms with van der Waals surface area (Å²) in [6.07, 6.45) is 3.19. The first kappa shape index (κ1) is 15.2. The van der Waals surface area contributed by atoms with Gasteiger partial charge >= 0.3 is 0 Å². The van der Waals surface area contributed by atoms with Gasteiger partial charge < -0.3 is 10.3 Å². The van der Waals surface area contributed by atoms with E-state index in [-0.39, 0.29) is 12.1 Å². The number of rotatable bonds is 3. The molecule has 0 spiro atoms. The number of pyridine rings is 1. The third-order valence-electron chi connectivity index (χ3n) is 3.05. The Balaban J connectivity index is 2.20. The van der Waals surface area contributed by atoms with E-state index in [0.29, 0.717) is 22.0 Å². The Morgan fingerprint density at radius 3 is 2.62 bits per heavy atom. The lowest BCUT2D eigenvalue weighted by Crippen LogP contribution is -2.31. The zero-order valence-electron chi connectivity index (χ0n) is 12.0. The number of H-pyrrole nitrogens is 1. The normalized spacial score (nSPS) is 10.5. The number of halogens is 1. The number of amides is 1. The predicted octanol–water partition coefficient (Wildman–Crippen LogP) is 1.67. The summed E-state index contributed by atoms with van der Waals surface area (Å²) < 4.78 is 0. The quantitative estimate of drug-likeness (QED) is 0.903. The molecule has 0 saturated heterocycles. The largest absolute Gasteiger partial charge is 0.346 e. The van der Waals surface area contributed by atoms with Crippen LogP contribution in [0.1, 0.15) is 33.0 Å². The van der Waals surface area contributed by atoms with Crippen molar-refractivity contribution in [3.05, 3.63) is 56.0 Å². The van der Waals surface area contributed by atoms with Crippen LogP contribution < -0.4 is 10.9 Å². The van der Waals surface area contributed by atoms with Gasteiger partial charge in [-0.1, -0.05) is 11.6 Å². The molecule has 21 heavy (non-hydrogen) atoms. The third kappa shape index (κ3) is 3.28. The molecule has 2 heterocycles. The Morgan fingerprint density at radius 1 is 1.29 bits per heavy atom. The van der Waals surface area contributed by atoms with Crippen LogP contribution in [0, 0.1) is 20.8 Å². The molecule has 2 N–H and O–H groups in total. The van der Waals surface area contributed by atoms with Crippen LogP contribution in [-0.4, -0.2) is 20.9 Å². The fourth-order valence-electron chi connectivity index (χ4n) is 1.89. The van der Waals surface area contributed by atoms with Crippen LogP contribution in [0.2, 0.25) is 5.02 Å². The maximum atomic E-state index is 12.2. The molecule has 0 atom stereocenters. The van der Waals surface area contributed by atoms with Crippen LogP contribution in [-0.2, 0) is 6.54 Å². The standard InChI is InChI=1S/C14H15ClN4O2/c1-7-4-17-10(5-16-7)6-18-13(20)11-8(2)12(15)9(3)19-14(11)21/h4-5H,6H2,1-3H3,(H,18,20)(H,19,21). The van der Waals surface area contributed by atoms with Crippen LogP contribution in [0.5, 0.6) is 0 Å². The van der Waals surface area contributed by atoms with E-state index in [9.17, 15) is 9.59 Å². The molecule has 110 valence electrons. The second-order valence-electron chi connectivity index (χ2n) is 4.72. The summed E-state index contributed by atoms with van der Waals surface area (Å²) in [5.74, 6) is -0.488. The van der Waals surface area contributed by atoms with Crippen molar-refractivity contribution in [3.63, 3.8) is 0 Å². The number of aromatic amines is 1. The summed E-state index contributed by atoms with van der Waals surface area (Å²) >= 11 is 6.06. The van der Waals surface area contributed by atoms with Gasteiger partial charge in [-0.05, 0) is 26.3 Å². The highest BCUT2D eigenvalue weighted by Crippen LogP contribution is 2.18. The second-order valence-corrected chi connectivity index (χ2v) is 5.10. The van der Waals surface area contributed by atoms with Gasteiger partial charge in [0, 0.05) is 11.9 Å². The van der Waals surface area contributed by atoms with Gasteiger partial charge in [0.15, 0.2) is 0 Å². The lowest BCUT2D eigenvalue weighted by molar-refractivity contribution is 0.0948. The van der Waals surface area contributed by atoms with Gasteiger partial charge in [0.1, 0.15) is 5.56 Å². The number of nitrogens with zero attached hydrogens (tertiary/aromatic N) is 2. The van der Waals surface area contributed by atoms with Gasteiger partial charge in [0.2, 0.25) is 0 Å². The van der Waals surface area contributed by atoms with E-state index in [1.165, 1.54) is 0 Å². The Morgan fingerprint density at radius 2 is 2.00 bits per heavy atom. The highest BCUT2D eigenvalue weighted by molar-refractivity contribution is 6.32. The minimum Gasteiger partial charge on any atom is -0.346 e. The van der Waals surface area contributed by atoms with Gasteiger partial charge in [-0.2, -0.15) is 0 Å². The Labute approximate surface area is 126 Å². The lowest BCUT2D eigenvalue weighted by Gasteiger charge is -2.09. The Bertz CT molecular complexity index is 738. The number of carbonyl (C=O) groups excluding carboxylic acids is 1. The summed E-state index contributed by atoms with van der Waals surface area (Å²) in [4.78, 5) is 34.8. The molecule has 0 aliphatic carbocycles.